The summed E-state index contributed by atoms with van der Waals surface area (Å²) in [4.78, 5) is 11.7. The fourth-order valence-corrected chi connectivity index (χ4v) is 2.04. The van der Waals surface area contributed by atoms with Gasteiger partial charge in [-0.2, -0.15) is 13.2 Å². The van der Waals surface area contributed by atoms with Gasteiger partial charge in [0.15, 0.2) is 0 Å². The van der Waals surface area contributed by atoms with E-state index in [4.69, 9.17) is 5.73 Å². The van der Waals surface area contributed by atoms with Crippen LogP contribution in [0.2, 0.25) is 0 Å². The van der Waals surface area contributed by atoms with E-state index in [1.165, 1.54) is 6.08 Å². The Balaban J connectivity index is 0.00000180. The van der Waals surface area contributed by atoms with E-state index in [1.54, 1.807) is 12.1 Å². The molecular weight excluding hydrogens is 348 g/mol. The third-order valence-corrected chi connectivity index (χ3v) is 3.22. The molecule has 1 aromatic carbocycles. The van der Waals surface area contributed by atoms with E-state index in [0.29, 0.717) is 26.2 Å². The van der Waals surface area contributed by atoms with E-state index in [9.17, 15) is 18.0 Å². The molecule has 19 heavy (non-hydrogen) atoms. The average molecular weight is 358 g/mol. The molecule has 1 heterocycles. The summed E-state index contributed by atoms with van der Waals surface area (Å²) in [5.74, 6) is -1.88. The number of hydrogen-bond acceptors (Lipinski definition) is 2. The Labute approximate surface area is 121 Å². The van der Waals surface area contributed by atoms with Gasteiger partial charge in [-0.1, -0.05) is 0 Å². The quantitative estimate of drug-likeness (QED) is 0.724. The smallest absolute Gasteiger partial charge is 0.398 e. The van der Waals surface area contributed by atoms with E-state index in [0.717, 1.165) is 6.20 Å². The second-order valence-electron chi connectivity index (χ2n) is 3.82. The third-order valence-electron chi connectivity index (χ3n) is 2.54. The van der Waals surface area contributed by atoms with Crippen LogP contribution in [0, 0.1) is 0 Å². The molecule has 0 atom stereocenters. The maximum absolute atomic E-state index is 12.3. The van der Waals surface area contributed by atoms with Crippen LogP contribution in [0.4, 0.5) is 18.9 Å². The van der Waals surface area contributed by atoms with Crippen LogP contribution in [0.15, 0.2) is 22.8 Å². The van der Waals surface area contributed by atoms with Crippen molar-refractivity contribution in [3.63, 3.8) is 0 Å². The minimum absolute atomic E-state index is 0. The van der Waals surface area contributed by atoms with Gasteiger partial charge in [-0.3, -0.25) is 4.79 Å². The highest BCUT2D eigenvalue weighted by Gasteiger charge is 2.42. The Morgan fingerprint density at radius 2 is 2.00 bits per heavy atom. The molecule has 2 N–H and O–H groups in total. The Kier molecular flexibility index (Phi) is 4.52. The van der Waals surface area contributed by atoms with Crippen LogP contribution < -0.4 is 5.73 Å². The second-order valence-corrected chi connectivity index (χ2v) is 4.67. The van der Waals surface area contributed by atoms with E-state index in [1.807, 2.05) is 0 Å². The van der Waals surface area contributed by atoms with E-state index in [-0.39, 0.29) is 19.0 Å². The summed E-state index contributed by atoms with van der Waals surface area (Å²) < 4.78 is 37.5. The molecule has 1 aliphatic heterocycles. The van der Waals surface area contributed by atoms with Gasteiger partial charge in [-0.25, -0.2) is 0 Å². The summed E-state index contributed by atoms with van der Waals surface area (Å²) in [6, 6.07) is 3.26. The Morgan fingerprint density at radius 1 is 1.37 bits per heavy atom. The lowest BCUT2D eigenvalue weighted by Gasteiger charge is -2.24. The number of alkyl halides is 3. The third kappa shape index (κ3) is 3.22. The Hall–Kier alpha value is -1.21. The molecule has 104 valence electrons. The molecule has 8 heteroatoms. The first-order valence-electron chi connectivity index (χ1n) is 4.93. The van der Waals surface area contributed by atoms with Crippen LogP contribution in [-0.2, 0) is 11.3 Å². The van der Waals surface area contributed by atoms with Crippen molar-refractivity contribution >= 4 is 46.0 Å². The highest BCUT2D eigenvalue weighted by molar-refractivity contribution is 9.10. The van der Waals surface area contributed by atoms with Gasteiger partial charge in [0.2, 0.25) is 0 Å². The molecule has 0 fully saturated rings. The molecule has 0 aromatic heterocycles. The molecule has 0 aliphatic carbocycles. The molecule has 0 bridgehead atoms. The van der Waals surface area contributed by atoms with Crippen molar-refractivity contribution in [3.05, 3.63) is 33.9 Å². The molecule has 2 rings (SSSR count). The number of halogens is 5. The number of anilines is 1. The molecule has 1 aliphatic rings. The number of carbonyl (C=O) groups is 1. The van der Waals surface area contributed by atoms with E-state index < -0.39 is 12.1 Å². The van der Waals surface area contributed by atoms with Gasteiger partial charge in [0.05, 0.1) is 6.54 Å². The molecule has 0 saturated carbocycles. The fourth-order valence-electron chi connectivity index (χ4n) is 1.65. The molecule has 1 amide bonds. The zero-order chi connectivity index (χ0) is 13.5. The van der Waals surface area contributed by atoms with Crippen molar-refractivity contribution in [3.8, 4) is 0 Å². The van der Waals surface area contributed by atoms with Gasteiger partial charge in [0.25, 0.3) is 0 Å². The van der Waals surface area contributed by atoms with Crippen LogP contribution in [0.1, 0.15) is 11.1 Å². The van der Waals surface area contributed by atoms with Crippen molar-refractivity contribution in [1.82, 2.24) is 4.90 Å². The van der Waals surface area contributed by atoms with Crippen molar-refractivity contribution in [2.24, 2.45) is 0 Å². The number of benzene rings is 1. The summed E-state index contributed by atoms with van der Waals surface area (Å²) >= 11 is 3.20. The summed E-state index contributed by atoms with van der Waals surface area (Å²) in [7, 11) is 0. The predicted molar refractivity (Wildman–Crippen MR) is 71.4 cm³/mol. The number of nitrogen functional groups attached to an aromatic ring is 1. The lowest BCUT2D eigenvalue weighted by atomic mass is 10.0. The van der Waals surface area contributed by atoms with Crippen molar-refractivity contribution in [1.29, 1.82) is 0 Å². The van der Waals surface area contributed by atoms with Crippen molar-refractivity contribution in [2.75, 3.05) is 5.73 Å². The number of fused-ring (bicyclic) bond motifs is 1. The van der Waals surface area contributed by atoms with Gasteiger partial charge < -0.3 is 10.6 Å². The topological polar surface area (TPSA) is 46.3 Å². The van der Waals surface area contributed by atoms with Gasteiger partial charge in [0.1, 0.15) is 0 Å². The maximum atomic E-state index is 12.3. The average Bonchev–Trinajstić information content (AvgIpc) is 2.28. The number of amides is 1. The number of nitrogens with two attached hydrogens (primary N) is 1. The molecule has 0 saturated heterocycles. The number of hydrogen-bond donors (Lipinski definition) is 1. The lowest BCUT2D eigenvalue weighted by Crippen LogP contribution is -2.38. The van der Waals surface area contributed by atoms with Crippen molar-refractivity contribution < 1.29 is 18.0 Å². The van der Waals surface area contributed by atoms with Crippen LogP contribution in [-0.4, -0.2) is 17.0 Å². The second kappa shape index (κ2) is 5.42. The highest BCUT2D eigenvalue weighted by Crippen LogP contribution is 2.30. The largest absolute Gasteiger partial charge is 0.471 e. The SMILES string of the molecule is Cl.Nc1cc2c(cc1Br)CN(C(=O)C(F)(F)F)C=C2. The summed E-state index contributed by atoms with van der Waals surface area (Å²) in [5, 5.41) is 0. The molecule has 0 spiro atoms. The number of rotatable bonds is 0. The van der Waals surface area contributed by atoms with E-state index in [2.05, 4.69) is 15.9 Å². The zero-order valence-corrected chi connectivity index (χ0v) is 11.8. The number of carbonyl (C=O) groups excluding carboxylic acids is 1. The first-order chi connectivity index (χ1) is 8.29. The predicted octanol–water partition coefficient (Wildman–Crippen LogP) is 3.33. The molecule has 3 nitrogen and oxygen atoms in total. The minimum Gasteiger partial charge on any atom is -0.398 e. The minimum atomic E-state index is -4.87. The van der Waals surface area contributed by atoms with Gasteiger partial charge >= 0.3 is 12.1 Å². The molecule has 1 aromatic rings. The fraction of sp³-hybridized carbons (Fsp3) is 0.182. The summed E-state index contributed by atoms with van der Waals surface area (Å²) in [6.45, 7) is -0.122. The van der Waals surface area contributed by atoms with E-state index >= 15 is 0 Å². The zero-order valence-electron chi connectivity index (χ0n) is 9.37. The van der Waals surface area contributed by atoms with Crippen LogP contribution in [0.5, 0.6) is 0 Å². The first kappa shape index (κ1) is 15.8. The molecule has 0 radical (unpaired) electrons. The molecule has 0 unspecified atom stereocenters. The molecular formula is C11H9BrClF3N2O. The standard InChI is InChI=1S/C11H8BrF3N2O.ClH/c12-8-3-7-5-17(10(18)11(13,14)15)2-1-6(7)4-9(8)16;/h1-4H,5,16H2;1H. The van der Waals surface area contributed by atoms with Gasteiger partial charge in [-0.05, 0) is 45.3 Å². The van der Waals surface area contributed by atoms with Gasteiger partial charge in [-0.15, -0.1) is 12.4 Å². The van der Waals surface area contributed by atoms with Crippen LogP contribution >= 0.6 is 28.3 Å². The van der Waals surface area contributed by atoms with Crippen LogP contribution in [0.25, 0.3) is 6.08 Å². The van der Waals surface area contributed by atoms with Crippen molar-refractivity contribution in [2.45, 2.75) is 12.7 Å². The Bertz CT molecular complexity index is 545. The summed E-state index contributed by atoms with van der Waals surface area (Å²) in [5.41, 5.74) is 7.48. The summed E-state index contributed by atoms with van der Waals surface area (Å²) in [6.07, 6.45) is -2.32. The lowest BCUT2D eigenvalue weighted by molar-refractivity contribution is -0.183. The van der Waals surface area contributed by atoms with Gasteiger partial charge in [0, 0.05) is 16.4 Å². The van der Waals surface area contributed by atoms with Crippen LogP contribution in [0.3, 0.4) is 0 Å². The normalized spacial score (nSPS) is 13.8. The monoisotopic (exact) mass is 356 g/mol. The highest BCUT2D eigenvalue weighted by atomic mass is 79.9. The Morgan fingerprint density at radius 3 is 2.58 bits per heavy atom. The maximum Gasteiger partial charge on any atom is 0.471 e. The number of nitrogens with zero attached hydrogens (tertiary/aromatic N) is 1. The first-order valence-corrected chi connectivity index (χ1v) is 5.72.